The third-order valence-corrected chi connectivity index (χ3v) is 4.68. The van der Waals surface area contributed by atoms with E-state index in [1.165, 1.54) is 5.39 Å². The highest BCUT2D eigenvalue weighted by molar-refractivity contribution is 7.17. The van der Waals surface area contributed by atoms with E-state index in [9.17, 15) is 4.79 Å². The maximum Gasteiger partial charge on any atom is 0.164 e. The minimum atomic E-state index is 0.315. The summed E-state index contributed by atoms with van der Waals surface area (Å²) in [4.78, 5) is 12.4. The molecule has 18 heavy (non-hydrogen) atoms. The summed E-state index contributed by atoms with van der Waals surface area (Å²) in [6, 6.07) is 8.13. The van der Waals surface area contributed by atoms with Gasteiger partial charge in [-0.3, -0.25) is 4.79 Å². The maximum absolute atomic E-state index is 12.4. The third kappa shape index (κ3) is 2.33. The normalized spacial score (nSPS) is 17.1. The molecule has 0 bridgehead atoms. The van der Waals surface area contributed by atoms with Gasteiger partial charge in [-0.05, 0) is 54.7 Å². The molecule has 1 aliphatic heterocycles. The molecule has 1 saturated heterocycles. The van der Waals surface area contributed by atoms with Crippen LogP contribution in [0.4, 0.5) is 0 Å². The number of carbonyl (C=O) groups is 1. The van der Waals surface area contributed by atoms with E-state index in [0.717, 1.165) is 36.2 Å². The third-order valence-electron chi connectivity index (χ3n) is 3.71. The number of nitrogens with one attached hydrogen (secondary N) is 1. The molecular weight excluding hydrogens is 242 g/mol. The van der Waals surface area contributed by atoms with Crippen molar-refractivity contribution in [2.75, 3.05) is 13.1 Å². The summed E-state index contributed by atoms with van der Waals surface area (Å²) >= 11 is 1.67. The van der Waals surface area contributed by atoms with Gasteiger partial charge in [-0.25, -0.2) is 0 Å². The summed E-state index contributed by atoms with van der Waals surface area (Å²) in [6.45, 7) is 2.11. The molecule has 0 saturated carbocycles. The Balaban J connectivity index is 1.81. The number of ketones is 1. The zero-order valence-corrected chi connectivity index (χ0v) is 11.1. The van der Waals surface area contributed by atoms with Crippen molar-refractivity contribution in [3.05, 3.63) is 35.2 Å². The van der Waals surface area contributed by atoms with Gasteiger partial charge in [0.1, 0.15) is 0 Å². The Kier molecular flexibility index (Phi) is 3.43. The number of thiophene rings is 1. The van der Waals surface area contributed by atoms with E-state index in [2.05, 4.69) is 22.8 Å². The number of hydrogen-bond donors (Lipinski definition) is 1. The molecule has 1 aromatic carbocycles. The van der Waals surface area contributed by atoms with E-state index in [-0.39, 0.29) is 0 Å². The predicted molar refractivity (Wildman–Crippen MR) is 76.4 cm³/mol. The number of carbonyl (C=O) groups excluding carboxylic acids is 1. The van der Waals surface area contributed by atoms with Gasteiger partial charge in [0.05, 0.1) is 0 Å². The molecule has 2 nitrogen and oxygen atoms in total. The molecule has 3 heteroatoms. The standard InChI is InChI=1S/C15H17NOS/c17-14(10-11-4-7-16-8-5-11)13-3-1-2-12-6-9-18-15(12)13/h1-3,6,9,11,16H,4-5,7-8,10H2. The van der Waals surface area contributed by atoms with E-state index < -0.39 is 0 Å². The van der Waals surface area contributed by atoms with E-state index >= 15 is 0 Å². The van der Waals surface area contributed by atoms with Gasteiger partial charge in [0.2, 0.25) is 0 Å². The van der Waals surface area contributed by atoms with Crippen LogP contribution in [-0.4, -0.2) is 18.9 Å². The number of hydrogen-bond acceptors (Lipinski definition) is 3. The van der Waals surface area contributed by atoms with Crippen LogP contribution in [0.5, 0.6) is 0 Å². The van der Waals surface area contributed by atoms with Crippen molar-refractivity contribution < 1.29 is 4.79 Å². The second-order valence-corrected chi connectivity index (χ2v) is 5.88. The Hall–Kier alpha value is -1.19. The van der Waals surface area contributed by atoms with Gasteiger partial charge in [-0.15, -0.1) is 11.3 Å². The summed E-state index contributed by atoms with van der Waals surface area (Å²) < 4.78 is 1.15. The van der Waals surface area contributed by atoms with Gasteiger partial charge >= 0.3 is 0 Å². The number of benzene rings is 1. The highest BCUT2D eigenvalue weighted by Gasteiger charge is 2.19. The Bertz CT molecular complexity index is 554. The molecule has 0 radical (unpaired) electrons. The first-order valence-electron chi connectivity index (χ1n) is 6.55. The van der Waals surface area contributed by atoms with Crippen LogP contribution in [0.1, 0.15) is 29.6 Å². The molecule has 0 unspecified atom stereocenters. The van der Waals surface area contributed by atoms with Crippen molar-refractivity contribution in [2.24, 2.45) is 5.92 Å². The second-order valence-electron chi connectivity index (χ2n) is 4.97. The van der Waals surface area contributed by atoms with Gasteiger partial charge in [-0.1, -0.05) is 12.1 Å². The first-order valence-corrected chi connectivity index (χ1v) is 7.43. The molecule has 1 N–H and O–H groups in total. The van der Waals surface area contributed by atoms with Crippen molar-refractivity contribution in [3.63, 3.8) is 0 Å². The van der Waals surface area contributed by atoms with Crippen molar-refractivity contribution in [3.8, 4) is 0 Å². The van der Waals surface area contributed by atoms with Crippen molar-refractivity contribution in [2.45, 2.75) is 19.3 Å². The van der Waals surface area contributed by atoms with Gasteiger partial charge in [0, 0.05) is 16.7 Å². The molecule has 2 heterocycles. The lowest BCUT2D eigenvalue weighted by molar-refractivity contribution is 0.0954. The molecule has 1 fully saturated rings. The second kappa shape index (κ2) is 5.21. The quantitative estimate of drug-likeness (QED) is 0.855. The van der Waals surface area contributed by atoms with Crippen molar-refractivity contribution in [1.82, 2.24) is 5.32 Å². The molecular formula is C15H17NOS. The van der Waals surface area contributed by atoms with Crippen molar-refractivity contribution >= 4 is 27.2 Å². The molecule has 1 aromatic heterocycles. The molecule has 0 aliphatic carbocycles. The number of rotatable bonds is 3. The van der Waals surface area contributed by atoms with Gasteiger partial charge < -0.3 is 5.32 Å². The molecule has 3 rings (SSSR count). The van der Waals surface area contributed by atoms with Gasteiger partial charge in [0.25, 0.3) is 0 Å². The van der Waals surface area contributed by atoms with Crippen LogP contribution < -0.4 is 5.32 Å². The summed E-state index contributed by atoms with van der Waals surface area (Å²) in [5, 5.41) is 6.60. The molecule has 0 spiro atoms. The minimum absolute atomic E-state index is 0.315. The molecule has 1 aliphatic rings. The lowest BCUT2D eigenvalue weighted by Crippen LogP contribution is -2.28. The van der Waals surface area contributed by atoms with Crippen LogP contribution in [-0.2, 0) is 0 Å². The molecule has 2 aromatic rings. The van der Waals surface area contributed by atoms with Crippen LogP contribution in [0.3, 0.4) is 0 Å². The summed E-state index contributed by atoms with van der Waals surface area (Å²) in [5.74, 6) is 0.879. The highest BCUT2D eigenvalue weighted by atomic mass is 32.1. The van der Waals surface area contributed by atoms with Gasteiger partial charge in [-0.2, -0.15) is 0 Å². The number of fused-ring (bicyclic) bond motifs is 1. The molecule has 94 valence electrons. The predicted octanol–water partition coefficient (Wildman–Crippen LogP) is 3.47. The Morgan fingerprint density at radius 2 is 2.11 bits per heavy atom. The number of piperidine rings is 1. The number of Topliss-reactive ketones (excluding diaryl/α,β-unsaturated/α-hetero) is 1. The maximum atomic E-state index is 12.4. The zero-order valence-electron chi connectivity index (χ0n) is 10.3. The lowest BCUT2D eigenvalue weighted by atomic mass is 9.90. The average molecular weight is 259 g/mol. The Morgan fingerprint density at radius 3 is 2.94 bits per heavy atom. The van der Waals surface area contributed by atoms with Crippen LogP contribution >= 0.6 is 11.3 Å². The SMILES string of the molecule is O=C(CC1CCNCC1)c1cccc2ccsc12. The summed E-state index contributed by atoms with van der Waals surface area (Å²) in [7, 11) is 0. The molecule has 0 atom stereocenters. The van der Waals surface area contributed by atoms with Crippen LogP contribution in [0.15, 0.2) is 29.6 Å². The summed E-state index contributed by atoms with van der Waals surface area (Å²) in [6.07, 6.45) is 2.97. The smallest absolute Gasteiger partial charge is 0.164 e. The Labute approximate surface area is 111 Å². The first-order chi connectivity index (χ1) is 8.84. The first kappa shape index (κ1) is 11.9. The van der Waals surface area contributed by atoms with E-state index in [1.54, 1.807) is 11.3 Å². The molecule has 0 amide bonds. The lowest BCUT2D eigenvalue weighted by Gasteiger charge is -2.21. The topological polar surface area (TPSA) is 29.1 Å². The summed E-state index contributed by atoms with van der Waals surface area (Å²) in [5.41, 5.74) is 0.918. The zero-order chi connectivity index (χ0) is 12.4. The fourth-order valence-electron chi connectivity index (χ4n) is 2.67. The van der Waals surface area contributed by atoms with E-state index in [1.807, 2.05) is 12.1 Å². The van der Waals surface area contributed by atoms with Gasteiger partial charge in [0.15, 0.2) is 5.78 Å². The van der Waals surface area contributed by atoms with E-state index in [4.69, 9.17) is 0 Å². The Morgan fingerprint density at radius 1 is 1.28 bits per heavy atom. The highest BCUT2D eigenvalue weighted by Crippen LogP contribution is 2.27. The van der Waals surface area contributed by atoms with Crippen LogP contribution in [0.2, 0.25) is 0 Å². The largest absolute Gasteiger partial charge is 0.317 e. The van der Waals surface area contributed by atoms with E-state index in [0.29, 0.717) is 18.1 Å². The fourth-order valence-corrected chi connectivity index (χ4v) is 3.60. The monoisotopic (exact) mass is 259 g/mol. The average Bonchev–Trinajstić information content (AvgIpc) is 2.87. The fraction of sp³-hybridized carbons (Fsp3) is 0.400. The van der Waals surface area contributed by atoms with Crippen LogP contribution in [0.25, 0.3) is 10.1 Å². The van der Waals surface area contributed by atoms with Crippen molar-refractivity contribution in [1.29, 1.82) is 0 Å². The minimum Gasteiger partial charge on any atom is -0.317 e. The van der Waals surface area contributed by atoms with Crippen LogP contribution in [0, 0.1) is 5.92 Å².